The van der Waals surface area contributed by atoms with Gasteiger partial charge in [-0.25, -0.2) is 0 Å². The van der Waals surface area contributed by atoms with Gasteiger partial charge in [0.25, 0.3) is 0 Å². The summed E-state index contributed by atoms with van der Waals surface area (Å²) >= 11 is 3.44. The van der Waals surface area contributed by atoms with Crippen molar-refractivity contribution in [3.05, 3.63) is 22.6 Å². The molecule has 1 aromatic rings. The summed E-state index contributed by atoms with van der Waals surface area (Å²) in [4.78, 5) is 0. The molecule has 3 heteroatoms. The number of furan rings is 1. The second-order valence-corrected chi connectivity index (χ2v) is 4.04. The van der Waals surface area contributed by atoms with Crippen molar-refractivity contribution in [2.75, 3.05) is 6.54 Å². The first kappa shape index (κ1) is 10.8. The Morgan fingerprint density at radius 1 is 1.62 bits per heavy atom. The molecule has 0 aliphatic heterocycles. The summed E-state index contributed by atoms with van der Waals surface area (Å²) in [5.41, 5.74) is 0. The molecule has 0 spiro atoms. The molecule has 1 heterocycles. The lowest BCUT2D eigenvalue weighted by atomic mass is 10.1. The van der Waals surface area contributed by atoms with Crippen LogP contribution in [0.15, 0.2) is 21.2 Å². The Morgan fingerprint density at radius 3 is 2.92 bits per heavy atom. The van der Waals surface area contributed by atoms with E-state index in [-0.39, 0.29) is 0 Å². The van der Waals surface area contributed by atoms with Crippen LogP contribution in [-0.4, -0.2) is 12.6 Å². The second kappa shape index (κ2) is 5.45. The highest BCUT2D eigenvalue weighted by atomic mass is 79.9. The van der Waals surface area contributed by atoms with Crippen molar-refractivity contribution >= 4 is 15.9 Å². The summed E-state index contributed by atoms with van der Waals surface area (Å²) in [5, 5.41) is 3.37. The maximum absolute atomic E-state index is 5.32. The van der Waals surface area contributed by atoms with Crippen molar-refractivity contribution in [1.29, 1.82) is 0 Å². The number of hydrogen-bond acceptors (Lipinski definition) is 2. The average molecular weight is 246 g/mol. The van der Waals surface area contributed by atoms with E-state index in [4.69, 9.17) is 4.42 Å². The van der Waals surface area contributed by atoms with Crippen LogP contribution in [0.3, 0.4) is 0 Å². The molecule has 0 saturated heterocycles. The van der Waals surface area contributed by atoms with E-state index in [1.165, 1.54) is 0 Å². The Hall–Kier alpha value is -0.280. The smallest absolute Gasteiger partial charge is 0.117 e. The van der Waals surface area contributed by atoms with Crippen LogP contribution in [0.1, 0.15) is 26.0 Å². The van der Waals surface area contributed by atoms with Gasteiger partial charge < -0.3 is 9.73 Å². The van der Waals surface area contributed by atoms with Crippen LogP contribution in [0.2, 0.25) is 0 Å². The van der Waals surface area contributed by atoms with E-state index in [0.717, 1.165) is 29.6 Å². The molecular weight excluding hydrogens is 230 g/mol. The van der Waals surface area contributed by atoms with E-state index in [1.54, 1.807) is 6.26 Å². The highest BCUT2D eigenvalue weighted by Crippen LogP contribution is 2.19. The van der Waals surface area contributed by atoms with E-state index in [0.29, 0.717) is 6.04 Å². The molecule has 1 atom stereocenters. The number of nitrogens with one attached hydrogen (secondary N) is 1. The van der Waals surface area contributed by atoms with Gasteiger partial charge in [-0.05, 0) is 41.9 Å². The van der Waals surface area contributed by atoms with E-state index in [9.17, 15) is 0 Å². The number of aryl methyl sites for hydroxylation is 1. The third kappa shape index (κ3) is 3.53. The molecule has 0 aliphatic carbocycles. The molecule has 0 aromatic carbocycles. The quantitative estimate of drug-likeness (QED) is 0.863. The van der Waals surface area contributed by atoms with Gasteiger partial charge in [0.15, 0.2) is 0 Å². The molecule has 0 saturated carbocycles. The zero-order valence-corrected chi connectivity index (χ0v) is 9.73. The maximum atomic E-state index is 5.32. The normalized spacial score (nSPS) is 13.2. The van der Waals surface area contributed by atoms with Crippen molar-refractivity contribution in [3.63, 3.8) is 0 Å². The summed E-state index contributed by atoms with van der Waals surface area (Å²) in [7, 11) is 0. The van der Waals surface area contributed by atoms with Gasteiger partial charge in [-0.15, -0.1) is 0 Å². The number of halogens is 1. The highest BCUT2D eigenvalue weighted by Gasteiger charge is 2.05. The fourth-order valence-corrected chi connectivity index (χ4v) is 1.70. The highest BCUT2D eigenvalue weighted by molar-refractivity contribution is 9.10. The number of rotatable bonds is 5. The predicted molar refractivity (Wildman–Crippen MR) is 57.9 cm³/mol. The van der Waals surface area contributed by atoms with Crippen molar-refractivity contribution in [3.8, 4) is 0 Å². The first-order chi connectivity index (χ1) is 6.24. The minimum Gasteiger partial charge on any atom is -0.468 e. The molecule has 1 aromatic heterocycles. The Morgan fingerprint density at radius 2 is 2.38 bits per heavy atom. The van der Waals surface area contributed by atoms with Gasteiger partial charge in [0.2, 0.25) is 0 Å². The zero-order chi connectivity index (χ0) is 9.68. The lowest BCUT2D eigenvalue weighted by Gasteiger charge is -2.10. The summed E-state index contributed by atoms with van der Waals surface area (Å²) in [5.74, 6) is 1.05. The Kier molecular flexibility index (Phi) is 4.53. The third-order valence-electron chi connectivity index (χ3n) is 2.05. The van der Waals surface area contributed by atoms with E-state index in [2.05, 4.69) is 35.1 Å². The molecule has 13 heavy (non-hydrogen) atoms. The number of hydrogen-bond donors (Lipinski definition) is 1. The fraction of sp³-hybridized carbons (Fsp3) is 0.600. The maximum Gasteiger partial charge on any atom is 0.117 e. The van der Waals surface area contributed by atoms with Crippen LogP contribution in [0.25, 0.3) is 0 Å². The lowest BCUT2D eigenvalue weighted by molar-refractivity contribution is 0.464. The molecule has 74 valence electrons. The summed E-state index contributed by atoms with van der Waals surface area (Å²) in [6.45, 7) is 5.35. The Labute approximate surface area is 87.8 Å². The van der Waals surface area contributed by atoms with Gasteiger partial charge in [0, 0.05) is 12.5 Å². The van der Waals surface area contributed by atoms with E-state index < -0.39 is 0 Å². The molecule has 0 radical (unpaired) electrons. The van der Waals surface area contributed by atoms with Crippen molar-refractivity contribution < 1.29 is 4.42 Å². The van der Waals surface area contributed by atoms with E-state index in [1.807, 2.05) is 6.07 Å². The van der Waals surface area contributed by atoms with Crippen LogP contribution in [0.5, 0.6) is 0 Å². The first-order valence-corrected chi connectivity index (χ1v) is 5.48. The minimum atomic E-state index is 0.557. The summed E-state index contributed by atoms with van der Waals surface area (Å²) < 4.78 is 6.40. The van der Waals surface area contributed by atoms with Crippen LogP contribution in [0, 0.1) is 0 Å². The Balaban J connectivity index is 2.30. The molecule has 1 unspecified atom stereocenters. The third-order valence-corrected chi connectivity index (χ3v) is 2.75. The topological polar surface area (TPSA) is 25.2 Å². The summed E-state index contributed by atoms with van der Waals surface area (Å²) in [6, 6.07) is 2.50. The molecule has 1 N–H and O–H groups in total. The van der Waals surface area contributed by atoms with Crippen LogP contribution in [-0.2, 0) is 6.42 Å². The van der Waals surface area contributed by atoms with Crippen LogP contribution >= 0.6 is 15.9 Å². The predicted octanol–water partition coefficient (Wildman–Crippen LogP) is 2.97. The molecule has 0 aliphatic rings. The molecular formula is C10H16BrNO. The van der Waals surface area contributed by atoms with Gasteiger partial charge in [-0.2, -0.15) is 0 Å². The molecule has 2 nitrogen and oxygen atoms in total. The van der Waals surface area contributed by atoms with Gasteiger partial charge in [-0.3, -0.25) is 0 Å². The minimum absolute atomic E-state index is 0.557. The summed E-state index contributed by atoms with van der Waals surface area (Å²) in [6.07, 6.45) is 3.82. The average Bonchev–Trinajstić information content (AvgIpc) is 2.48. The Bertz CT molecular complexity index is 247. The van der Waals surface area contributed by atoms with Crippen LogP contribution < -0.4 is 5.32 Å². The lowest BCUT2D eigenvalue weighted by Crippen LogP contribution is -2.25. The molecule has 0 fully saturated rings. The standard InChI is InChI=1S/C10H16BrNO/c1-3-12-8(2)4-5-10-9(11)6-7-13-10/h6-8,12H,3-5H2,1-2H3. The SMILES string of the molecule is CCNC(C)CCc1occc1Br. The molecule has 0 bridgehead atoms. The van der Waals surface area contributed by atoms with E-state index >= 15 is 0 Å². The van der Waals surface area contributed by atoms with Crippen molar-refractivity contribution in [2.24, 2.45) is 0 Å². The van der Waals surface area contributed by atoms with Crippen molar-refractivity contribution in [2.45, 2.75) is 32.7 Å². The monoisotopic (exact) mass is 245 g/mol. The largest absolute Gasteiger partial charge is 0.468 e. The second-order valence-electron chi connectivity index (χ2n) is 3.19. The molecule has 0 amide bonds. The first-order valence-electron chi connectivity index (χ1n) is 4.69. The molecule has 1 rings (SSSR count). The van der Waals surface area contributed by atoms with Crippen molar-refractivity contribution in [1.82, 2.24) is 5.32 Å². The zero-order valence-electron chi connectivity index (χ0n) is 8.14. The van der Waals surface area contributed by atoms with Gasteiger partial charge in [-0.1, -0.05) is 6.92 Å². The van der Waals surface area contributed by atoms with Crippen LogP contribution in [0.4, 0.5) is 0 Å². The van der Waals surface area contributed by atoms with Gasteiger partial charge in [0.05, 0.1) is 10.7 Å². The fourth-order valence-electron chi connectivity index (χ4n) is 1.30. The van der Waals surface area contributed by atoms with Gasteiger partial charge in [0.1, 0.15) is 5.76 Å². The van der Waals surface area contributed by atoms with Gasteiger partial charge >= 0.3 is 0 Å².